The summed E-state index contributed by atoms with van der Waals surface area (Å²) in [5.41, 5.74) is 0.0963. The van der Waals surface area contributed by atoms with Crippen molar-refractivity contribution in [2.75, 3.05) is 13.2 Å². The highest BCUT2D eigenvalue weighted by molar-refractivity contribution is 5.95. The molecule has 16 heavy (non-hydrogen) atoms. The third kappa shape index (κ3) is 2.40. The molecule has 4 N–H and O–H groups in total. The lowest BCUT2D eigenvalue weighted by atomic mass is 9.98. The summed E-state index contributed by atoms with van der Waals surface area (Å²) in [4.78, 5) is 11.8. The predicted octanol–water partition coefficient (Wildman–Crippen LogP) is -0.419. The number of rotatable bonds is 5. The summed E-state index contributed by atoms with van der Waals surface area (Å²) in [6.45, 7) is 2.91. The molecule has 0 radical (unpaired) electrons. The third-order valence-electron chi connectivity index (χ3n) is 2.74. The van der Waals surface area contributed by atoms with Crippen LogP contribution in [-0.2, 0) is 0 Å². The van der Waals surface area contributed by atoms with Crippen LogP contribution < -0.4 is 5.32 Å². The maximum Gasteiger partial charge on any atom is 0.255 e. The average Bonchev–Trinajstić information content (AvgIpc) is 2.72. The molecule has 0 aliphatic carbocycles. The summed E-state index contributed by atoms with van der Waals surface area (Å²) in [6, 6.07) is 0. The molecular weight excluding hydrogens is 210 g/mol. The number of H-pyrrole nitrogens is 1. The molecule has 0 aliphatic rings. The smallest absolute Gasteiger partial charge is 0.255 e. The first-order chi connectivity index (χ1) is 7.58. The van der Waals surface area contributed by atoms with Gasteiger partial charge in [0.25, 0.3) is 5.91 Å². The van der Waals surface area contributed by atoms with Crippen LogP contribution in [0.4, 0.5) is 0 Å². The highest BCUT2D eigenvalue weighted by Crippen LogP contribution is 2.11. The van der Waals surface area contributed by atoms with E-state index >= 15 is 0 Å². The van der Waals surface area contributed by atoms with Crippen LogP contribution in [-0.4, -0.2) is 45.1 Å². The Kier molecular flexibility index (Phi) is 4.03. The van der Waals surface area contributed by atoms with Crippen molar-refractivity contribution in [3.8, 4) is 0 Å². The van der Waals surface area contributed by atoms with Crippen molar-refractivity contribution in [1.82, 2.24) is 15.5 Å². The molecule has 1 rings (SSSR count). The Balaban J connectivity index is 2.81. The minimum Gasteiger partial charge on any atom is -0.394 e. The molecule has 0 saturated heterocycles. The fourth-order valence-electron chi connectivity index (χ4n) is 1.33. The van der Waals surface area contributed by atoms with E-state index in [-0.39, 0.29) is 19.1 Å². The van der Waals surface area contributed by atoms with E-state index in [4.69, 9.17) is 0 Å². The normalized spacial score (nSPS) is 11.5. The zero-order chi connectivity index (χ0) is 12.2. The topological polar surface area (TPSA) is 98.2 Å². The average molecular weight is 227 g/mol. The molecule has 6 heteroatoms. The molecule has 0 bridgehead atoms. The van der Waals surface area contributed by atoms with Crippen LogP contribution in [0.1, 0.15) is 29.4 Å². The summed E-state index contributed by atoms with van der Waals surface area (Å²) in [5.74, 6) is -0.351. The van der Waals surface area contributed by atoms with Gasteiger partial charge in [-0.3, -0.25) is 9.89 Å². The highest BCUT2D eigenvalue weighted by atomic mass is 16.3. The Labute approximate surface area is 93.7 Å². The predicted molar refractivity (Wildman–Crippen MR) is 58.0 cm³/mol. The minimum absolute atomic E-state index is 0.303. The number of nitrogens with one attached hydrogen (secondary N) is 2. The number of aliphatic hydroxyl groups excluding tert-OH is 2. The maximum absolute atomic E-state index is 11.8. The van der Waals surface area contributed by atoms with E-state index in [1.807, 2.05) is 0 Å². The van der Waals surface area contributed by atoms with Crippen LogP contribution >= 0.6 is 0 Å². The van der Waals surface area contributed by atoms with Crippen LogP contribution in [0.15, 0.2) is 6.20 Å². The van der Waals surface area contributed by atoms with Gasteiger partial charge in [0.15, 0.2) is 0 Å². The Morgan fingerprint density at radius 3 is 2.56 bits per heavy atom. The van der Waals surface area contributed by atoms with E-state index in [2.05, 4.69) is 15.5 Å². The third-order valence-corrected chi connectivity index (χ3v) is 2.74. The fraction of sp³-hybridized carbons (Fsp3) is 0.600. The Bertz CT molecular complexity index is 350. The second-order valence-corrected chi connectivity index (χ2v) is 3.81. The molecule has 1 amide bonds. The second kappa shape index (κ2) is 5.09. The molecule has 1 heterocycles. The number of aliphatic hydroxyl groups is 2. The molecule has 1 aromatic heterocycles. The van der Waals surface area contributed by atoms with Gasteiger partial charge in [-0.2, -0.15) is 5.10 Å². The van der Waals surface area contributed by atoms with Crippen LogP contribution in [0.3, 0.4) is 0 Å². The molecule has 0 spiro atoms. The SMILES string of the molecule is CCC(CO)(CO)NC(=O)c1cn[nH]c1C. The number of carbonyl (C=O) groups is 1. The van der Waals surface area contributed by atoms with Crippen LogP contribution in [0.2, 0.25) is 0 Å². The summed E-state index contributed by atoms with van der Waals surface area (Å²) >= 11 is 0. The van der Waals surface area contributed by atoms with E-state index in [1.165, 1.54) is 6.20 Å². The molecular formula is C10H17N3O3. The molecule has 0 fully saturated rings. The first-order valence-electron chi connectivity index (χ1n) is 5.12. The number of hydrogen-bond donors (Lipinski definition) is 4. The second-order valence-electron chi connectivity index (χ2n) is 3.81. The fourth-order valence-corrected chi connectivity index (χ4v) is 1.33. The van der Waals surface area contributed by atoms with Gasteiger partial charge in [-0.15, -0.1) is 0 Å². The Morgan fingerprint density at radius 2 is 2.19 bits per heavy atom. The van der Waals surface area contributed by atoms with Crippen LogP contribution in [0, 0.1) is 6.92 Å². The van der Waals surface area contributed by atoms with E-state index in [0.29, 0.717) is 17.7 Å². The Hall–Kier alpha value is -1.40. The van der Waals surface area contributed by atoms with E-state index in [9.17, 15) is 15.0 Å². The number of amides is 1. The molecule has 0 aliphatic heterocycles. The van der Waals surface area contributed by atoms with Gasteiger partial charge in [-0.05, 0) is 13.3 Å². The van der Waals surface area contributed by atoms with Gasteiger partial charge < -0.3 is 15.5 Å². The van der Waals surface area contributed by atoms with E-state index in [1.54, 1.807) is 13.8 Å². The number of nitrogens with zero attached hydrogens (tertiary/aromatic N) is 1. The molecule has 6 nitrogen and oxygen atoms in total. The van der Waals surface area contributed by atoms with Crippen molar-refractivity contribution in [3.63, 3.8) is 0 Å². The van der Waals surface area contributed by atoms with Crippen molar-refractivity contribution >= 4 is 5.91 Å². The highest BCUT2D eigenvalue weighted by Gasteiger charge is 2.29. The first kappa shape index (κ1) is 12.7. The van der Waals surface area contributed by atoms with E-state index < -0.39 is 5.54 Å². The number of aryl methyl sites for hydroxylation is 1. The standard InChI is InChI=1S/C10H17N3O3/c1-3-10(5-14,6-15)12-9(16)8-4-11-13-7(8)2/h4,14-15H,3,5-6H2,1-2H3,(H,11,13)(H,12,16). The van der Waals surface area contributed by atoms with Crippen molar-refractivity contribution in [1.29, 1.82) is 0 Å². The van der Waals surface area contributed by atoms with Crippen LogP contribution in [0.25, 0.3) is 0 Å². The summed E-state index contributed by atoms with van der Waals surface area (Å²) in [6.07, 6.45) is 1.86. The quantitative estimate of drug-likeness (QED) is 0.549. The molecule has 0 aromatic carbocycles. The van der Waals surface area contributed by atoms with E-state index in [0.717, 1.165) is 0 Å². The van der Waals surface area contributed by atoms with Gasteiger partial charge in [-0.25, -0.2) is 0 Å². The zero-order valence-electron chi connectivity index (χ0n) is 9.45. The maximum atomic E-state index is 11.8. The Morgan fingerprint density at radius 1 is 1.56 bits per heavy atom. The van der Waals surface area contributed by atoms with Crippen molar-refractivity contribution in [2.45, 2.75) is 25.8 Å². The first-order valence-corrected chi connectivity index (χ1v) is 5.12. The number of aromatic amines is 1. The van der Waals surface area contributed by atoms with Gasteiger partial charge in [0.1, 0.15) is 0 Å². The zero-order valence-corrected chi connectivity index (χ0v) is 9.45. The molecule has 0 atom stereocenters. The summed E-state index contributed by atoms with van der Waals surface area (Å²) < 4.78 is 0. The number of aromatic nitrogens is 2. The van der Waals surface area contributed by atoms with Crippen molar-refractivity contribution in [3.05, 3.63) is 17.5 Å². The number of carbonyl (C=O) groups excluding carboxylic acids is 1. The molecule has 90 valence electrons. The summed E-state index contributed by atoms with van der Waals surface area (Å²) in [5, 5.41) is 27.4. The van der Waals surface area contributed by atoms with Gasteiger partial charge in [-0.1, -0.05) is 6.92 Å². The number of hydrogen-bond acceptors (Lipinski definition) is 4. The van der Waals surface area contributed by atoms with Crippen molar-refractivity contribution in [2.24, 2.45) is 0 Å². The molecule has 0 saturated carbocycles. The lowest BCUT2D eigenvalue weighted by Crippen LogP contribution is -2.53. The van der Waals surface area contributed by atoms with Gasteiger partial charge >= 0.3 is 0 Å². The molecule has 1 aromatic rings. The lowest BCUT2D eigenvalue weighted by Gasteiger charge is -2.29. The van der Waals surface area contributed by atoms with Gasteiger partial charge in [0.2, 0.25) is 0 Å². The minimum atomic E-state index is -0.971. The summed E-state index contributed by atoms with van der Waals surface area (Å²) in [7, 11) is 0. The molecule has 0 unspecified atom stereocenters. The van der Waals surface area contributed by atoms with Gasteiger partial charge in [0.05, 0.1) is 30.5 Å². The van der Waals surface area contributed by atoms with Gasteiger partial charge in [0, 0.05) is 5.69 Å². The largest absolute Gasteiger partial charge is 0.394 e. The van der Waals surface area contributed by atoms with Crippen molar-refractivity contribution < 1.29 is 15.0 Å². The van der Waals surface area contributed by atoms with Crippen LogP contribution in [0.5, 0.6) is 0 Å². The monoisotopic (exact) mass is 227 g/mol. The lowest BCUT2D eigenvalue weighted by molar-refractivity contribution is 0.0652.